The molecule has 5 aliphatic heterocycles. The number of halogens is 1. The van der Waals surface area contributed by atoms with Crippen LogP contribution in [0, 0.1) is 11.8 Å². The van der Waals surface area contributed by atoms with Crippen LogP contribution in [-0.4, -0.2) is 64.1 Å². The summed E-state index contributed by atoms with van der Waals surface area (Å²) in [6, 6.07) is 0. The third-order valence-corrected chi connectivity index (χ3v) is 9.28. The third-order valence-electron chi connectivity index (χ3n) is 8.90. The molecule has 0 bridgehead atoms. The Bertz CT molecular complexity index is 1280. The van der Waals surface area contributed by atoms with Crippen LogP contribution in [0.4, 0.5) is 0 Å². The summed E-state index contributed by atoms with van der Waals surface area (Å²) in [4.78, 5) is 30.5. The molecule has 6 aliphatic rings. The molecule has 5 heterocycles. The van der Waals surface area contributed by atoms with Crippen molar-refractivity contribution in [2.45, 2.75) is 52.9 Å². The summed E-state index contributed by atoms with van der Waals surface area (Å²) in [6.07, 6.45) is 9.24. The van der Waals surface area contributed by atoms with Crippen molar-refractivity contribution < 1.29 is 24.2 Å². The van der Waals surface area contributed by atoms with Crippen LogP contribution in [-0.2, 0) is 14.3 Å². The zero-order valence-electron chi connectivity index (χ0n) is 21.8. The van der Waals surface area contributed by atoms with Crippen molar-refractivity contribution in [3.63, 3.8) is 0 Å². The van der Waals surface area contributed by atoms with Gasteiger partial charge in [-0.2, -0.15) is 0 Å². The van der Waals surface area contributed by atoms with Crippen molar-refractivity contribution in [2.24, 2.45) is 11.8 Å². The van der Waals surface area contributed by atoms with E-state index in [1.807, 2.05) is 30.9 Å². The monoisotopic (exact) mass is 524 g/mol. The number of allylic oxidation sites excluding steroid dienone is 6. The second-order valence-electron chi connectivity index (χ2n) is 11.3. The Morgan fingerprint density at radius 2 is 1.95 bits per heavy atom. The molecule has 196 valence electrons. The van der Waals surface area contributed by atoms with E-state index in [0.29, 0.717) is 49.0 Å². The topological polar surface area (TPSA) is 70.1 Å². The molecule has 2 saturated heterocycles. The number of hydrogen-bond acceptors (Lipinski definition) is 5. The van der Waals surface area contributed by atoms with Gasteiger partial charge >= 0.3 is 0 Å². The summed E-state index contributed by atoms with van der Waals surface area (Å²) >= 11 is 6.63. The molecule has 1 N–H and O–H groups in total. The summed E-state index contributed by atoms with van der Waals surface area (Å²) in [5.41, 5.74) is 5.17. The highest BCUT2D eigenvalue weighted by molar-refractivity contribution is 6.31. The number of fused-ring (bicyclic) bond motifs is 5. The number of ether oxygens (including phenoxy) is 1. The van der Waals surface area contributed by atoms with E-state index in [-0.39, 0.29) is 18.1 Å². The lowest BCUT2D eigenvalue weighted by molar-refractivity contribution is -1.03. The van der Waals surface area contributed by atoms with Gasteiger partial charge in [-0.05, 0) is 69.8 Å². The average Bonchev–Trinajstić information content (AvgIpc) is 3.08. The highest BCUT2D eigenvalue weighted by Crippen LogP contribution is 2.51. The molecule has 8 heteroatoms. The fraction of sp³-hybridized carbons (Fsp3) is 0.517. The van der Waals surface area contributed by atoms with Gasteiger partial charge in [-0.3, -0.25) is 14.5 Å². The number of nitrogens with zero attached hydrogens (tertiary/aromatic N) is 3. The number of carbonyl (C=O) groups excluding carboxylic acids is 2. The number of amides is 1. The number of hydrogen-bond donors (Lipinski definition) is 1. The first kappa shape index (κ1) is 24.9. The Morgan fingerprint density at radius 3 is 2.68 bits per heavy atom. The number of carbonyl (C=O) groups is 2. The number of piperidine rings is 1. The first-order valence-corrected chi connectivity index (χ1v) is 13.9. The number of likely N-dealkylation sites (tertiary alicyclic amines) is 1. The summed E-state index contributed by atoms with van der Waals surface area (Å²) in [6.45, 7) is 9.62. The Balaban J connectivity index is 1.43. The van der Waals surface area contributed by atoms with Crippen LogP contribution in [0.15, 0.2) is 68.6 Å². The van der Waals surface area contributed by atoms with Crippen LogP contribution in [0.1, 0.15) is 52.9 Å². The van der Waals surface area contributed by atoms with Crippen molar-refractivity contribution in [3.8, 4) is 0 Å². The van der Waals surface area contributed by atoms with Gasteiger partial charge in [0, 0.05) is 23.1 Å². The van der Waals surface area contributed by atoms with Crippen LogP contribution in [0.25, 0.3) is 0 Å². The van der Waals surface area contributed by atoms with Gasteiger partial charge in [-0.25, -0.2) is 5.21 Å². The standard InChI is InChI=1S/C29H35ClN3O4/c1-4-33(36)16-23-25-12-19-11-24(30)18(3)37-27(15-31-9-7-17(2)8-10-31)22(19)14-32(25)29(35)28(23)21-6-5-20(34)13-26(21)33/h11-12,16-17,28,36H,4-10,13-15H2,1-3H3/q+1. The summed E-state index contributed by atoms with van der Waals surface area (Å²) in [5, 5.41) is 12.1. The highest BCUT2D eigenvalue weighted by atomic mass is 35.5. The van der Waals surface area contributed by atoms with Crippen LogP contribution in [0.2, 0.25) is 0 Å². The van der Waals surface area contributed by atoms with E-state index >= 15 is 0 Å². The van der Waals surface area contributed by atoms with Crippen LogP contribution >= 0.6 is 11.6 Å². The smallest absolute Gasteiger partial charge is 0.239 e. The van der Waals surface area contributed by atoms with Crippen molar-refractivity contribution >= 4 is 23.3 Å². The van der Waals surface area contributed by atoms with Gasteiger partial charge in [-0.15, -0.1) is 4.65 Å². The second kappa shape index (κ2) is 9.09. The molecule has 0 aromatic carbocycles. The number of hydroxylamine groups is 3. The lowest BCUT2D eigenvalue weighted by atomic mass is 9.80. The molecule has 6 rings (SSSR count). The largest absolute Gasteiger partial charge is 0.463 e. The molecular formula is C29H35ClN3O4+. The van der Waals surface area contributed by atoms with E-state index < -0.39 is 10.6 Å². The van der Waals surface area contributed by atoms with E-state index in [0.717, 1.165) is 52.8 Å². The van der Waals surface area contributed by atoms with Gasteiger partial charge in [0.1, 0.15) is 30.0 Å². The zero-order valence-corrected chi connectivity index (χ0v) is 22.6. The Kier molecular flexibility index (Phi) is 6.10. The molecule has 0 spiro atoms. The molecular weight excluding hydrogens is 490 g/mol. The molecule has 1 amide bonds. The molecule has 0 aromatic rings. The second-order valence-corrected chi connectivity index (χ2v) is 11.7. The van der Waals surface area contributed by atoms with Gasteiger partial charge in [0.25, 0.3) is 0 Å². The summed E-state index contributed by atoms with van der Waals surface area (Å²) in [5.74, 6) is 1.94. The number of quaternary nitrogens is 1. The lowest BCUT2D eigenvalue weighted by Crippen LogP contribution is -2.45. The SMILES string of the molecule is CC[N+]1(O)C=C2C3=CC4=CC(Cl)=C(C)OC(CN5CCC(C)CC5)=C4CN3C(=O)C2C2=C1CC(=O)CC2. The van der Waals surface area contributed by atoms with Crippen LogP contribution in [0.3, 0.4) is 0 Å². The van der Waals surface area contributed by atoms with Gasteiger partial charge in [0.15, 0.2) is 5.70 Å². The first-order chi connectivity index (χ1) is 17.7. The van der Waals surface area contributed by atoms with E-state index in [1.165, 1.54) is 12.8 Å². The van der Waals surface area contributed by atoms with Crippen molar-refractivity contribution in [1.82, 2.24) is 9.80 Å². The maximum atomic E-state index is 13.9. The number of Topliss-reactive ketones (excluding diaryl/α,β-unsaturated/α-hetero) is 1. The minimum absolute atomic E-state index is 0.0134. The maximum absolute atomic E-state index is 13.9. The summed E-state index contributed by atoms with van der Waals surface area (Å²) < 4.78 is 5.93. The van der Waals surface area contributed by atoms with Gasteiger partial charge in [0.05, 0.1) is 36.2 Å². The van der Waals surface area contributed by atoms with E-state index in [1.54, 1.807) is 6.20 Å². The fourth-order valence-corrected chi connectivity index (χ4v) is 6.71. The van der Waals surface area contributed by atoms with E-state index in [2.05, 4.69) is 11.8 Å². The molecule has 37 heavy (non-hydrogen) atoms. The van der Waals surface area contributed by atoms with Gasteiger partial charge < -0.3 is 9.64 Å². The van der Waals surface area contributed by atoms with Crippen molar-refractivity contribution in [1.29, 1.82) is 0 Å². The van der Waals surface area contributed by atoms with Crippen LogP contribution in [0.5, 0.6) is 0 Å². The third kappa shape index (κ3) is 4.07. The highest BCUT2D eigenvalue weighted by Gasteiger charge is 2.53. The van der Waals surface area contributed by atoms with Crippen LogP contribution < -0.4 is 0 Å². The normalized spacial score (nSPS) is 30.8. The van der Waals surface area contributed by atoms with Crippen molar-refractivity contribution in [3.05, 3.63) is 68.6 Å². The Morgan fingerprint density at radius 1 is 1.19 bits per heavy atom. The predicted octanol–water partition coefficient (Wildman–Crippen LogP) is 4.89. The quantitative estimate of drug-likeness (QED) is 0.532. The first-order valence-electron chi connectivity index (χ1n) is 13.5. The fourth-order valence-electron chi connectivity index (χ4n) is 6.55. The molecule has 2 atom stereocenters. The minimum atomic E-state index is -0.441. The molecule has 7 nitrogen and oxygen atoms in total. The number of ketones is 1. The zero-order chi connectivity index (χ0) is 26.1. The van der Waals surface area contributed by atoms with E-state index in [9.17, 15) is 14.8 Å². The van der Waals surface area contributed by atoms with E-state index in [4.69, 9.17) is 16.3 Å². The van der Waals surface area contributed by atoms with Gasteiger partial charge in [-0.1, -0.05) is 18.5 Å². The van der Waals surface area contributed by atoms with Gasteiger partial charge in [0.2, 0.25) is 5.91 Å². The Labute approximate surface area is 223 Å². The maximum Gasteiger partial charge on any atom is 0.239 e. The van der Waals surface area contributed by atoms with Crippen molar-refractivity contribution in [2.75, 3.05) is 32.7 Å². The molecule has 0 radical (unpaired) electrons. The molecule has 1 aliphatic carbocycles. The molecule has 2 unspecified atom stereocenters. The summed E-state index contributed by atoms with van der Waals surface area (Å²) in [7, 11) is 0. The lowest BCUT2D eigenvalue weighted by Gasteiger charge is -2.36. The molecule has 0 saturated carbocycles. The predicted molar refractivity (Wildman–Crippen MR) is 139 cm³/mol. The molecule has 0 aromatic heterocycles. The minimum Gasteiger partial charge on any atom is -0.463 e. The molecule has 2 fully saturated rings. The number of rotatable bonds is 3. The Hall–Kier alpha value is -2.45. The average molecular weight is 525 g/mol.